The van der Waals surface area contributed by atoms with Gasteiger partial charge in [0.2, 0.25) is 0 Å². The van der Waals surface area contributed by atoms with Crippen LogP contribution in [0.3, 0.4) is 0 Å². The molecular formula is C9H16FNO. The number of hydrogen-bond acceptors (Lipinski definition) is 2. The van der Waals surface area contributed by atoms with Crippen molar-refractivity contribution in [1.82, 2.24) is 5.32 Å². The lowest BCUT2D eigenvalue weighted by Crippen LogP contribution is -2.49. The zero-order chi connectivity index (χ0) is 8.39. The summed E-state index contributed by atoms with van der Waals surface area (Å²) in [5.41, 5.74) is 0. The lowest BCUT2D eigenvalue weighted by Gasteiger charge is -2.35. The smallest absolute Gasteiger partial charge is 0.108 e. The lowest BCUT2D eigenvalue weighted by molar-refractivity contribution is 0.0115. The Labute approximate surface area is 72.5 Å². The number of nitrogens with one attached hydrogen (secondary N) is 1. The quantitative estimate of drug-likeness (QED) is 0.672. The van der Waals surface area contributed by atoms with E-state index in [1.54, 1.807) is 0 Å². The summed E-state index contributed by atoms with van der Waals surface area (Å²) in [7, 11) is 0. The Morgan fingerprint density at radius 1 is 1.17 bits per heavy atom. The molecule has 2 heterocycles. The minimum atomic E-state index is -0.588. The topological polar surface area (TPSA) is 21.3 Å². The van der Waals surface area contributed by atoms with Crippen molar-refractivity contribution in [3.05, 3.63) is 0 Å². The van der Waals surface area contributed by atoms with E-state index < -0.39 is 6.17 Å². The first-order chi connectivity index (χ1) is 5.88. The predicted octanol–water partition coefficient (Wildman–Crippen LogP) is 0.970. The van der Waals surface area contributed by atoms with Gasteiger partial charge in [-0.1, -0.05) is 0 Å². The fourth-order valence-corrected chi connectivity index (χ4v) is 1.96. The molecule has 3 heteroatoms. The molecule has 1 N–H and O–H groups in total. The van der Waals surface area contributed by atoms with E-state index in [4.69, 9.17) is 4.74 Å². The molecule has 0 spiro atoms. The van der Waals surface area contributed by atoms with Gasteiger partial charge in [0.05, 0.1) is 0 Å². The maximum atomic E-state index is 13.6. The number of alkyl halides is 1. The lowest BCUT2D eigenvalue weighted by atomic mass is 9.84. The summed E-state index contributed by atoms with van der Waals surface area (Å²) in [5.74, 6) is 0.555. The Balaban J connectivity index is 1.80. The van der Waals surface area contributed by atoms with E-state index in [2.05, 4.69) is 5.32 Å². The van der Waals surface area contributed by atoms with Gasteiger partial charge in [0, 0.05) is 32.2 Å². The number of halogens is 1. The van der Waals surface area contributed by atoms with Crippen LogP contribution in [0.1, 0.15) is 12.8 Å². The summed E-state index contributed by atoms with van der Waals surface area (Å²) in [6.45, 7) is 3.26. The van der Waals surface area contributed by atoms with Crippen molar-refractivity contribution in [3.8, 4) is 0 Å². The number of ether oxygens (including phenoxy) is 1. The normalized spacial score (nSPS) is 29.8. The van der Waals surface area contributed by atoms with Crippen molar-refractivity contribution in [3.63, 3.8) is 0 Å². The monoisotopic (exact) mass is 173 g/mol. The Morgan fingerprint density at radius 2 is 1.83 bits per heavy atom. The molecule has 0 radical (unpaired) electrons. The van der Waals surface area contributed by atoms with Gasteiger partial charge in [0.25, 0.3) is 0 Å². The fourth-order valence-electron chi connectivity index (χ4n) is 1.96. The van der Waals surface area contributed by atoms with Gasteiger partial charge >= 0.3 is 0 Å². The molecule has 12 heavy (non-hydrogen) atoms. The highest BCUT2D eigenvalue weighted by Gasteiger charge is 2.33. The van der Waals surface area contributed by atoms with Gasteiger partial charge < -0.3 is 10.1 Å². The summed E-state index contributed by atoms with van der Waals surface area (Å²) in [6, 6.07) is 0. The summed E-state index contributed by atoms with van der Waals surface area (Å²) in [6.07, 6.45) is 1.24. The van der Waals surface area contributed by atoms with E-state index in [1.165, 1.54) is 0 Å². The molecule has 1 atom stereocenters. The minimum absolute atomic E-state index is 0.269. The van der Waals surface area contributed by atoms with Crippen LogP contribution < -0.4 is 5.32 Å². The van der Waals surface area contributed by atoms with Crippen LogP contribution in [0, 0.1) is 11.8 Å². The van der Waals surface area contributed by atoms with Gasteiger partial charge in [-0.2, -0.15) is 0 Å². The van der Waals surface area contributed by atoms with Crippen LogP contribution in [0.15, 0.2) is 0 Å². The van der Waals surface area contributed by atoms with Crippen molar-refractivity contribution in [1.29, 1.82) is 0 Å². The fraction of sp³-hybridized carbons (Fsp3) is 1.00. The SMILES string of the molecule is FC(C1CCOCC1)C1CNC1. The van der Waals surface area contributed by atoms with Crippen LogP contribution in [0.2, 0.25) is 0 Å². The van der Waals surface area contributed by atoms with E-state index in [-0.39, 0.29) is 11.8 Å². The maximum Gasteiger partial charge on any atom is 0.108 e. The second-order valence-electron chi connectivity index (χ2n) is 3.81. The van der Waals surface area contributed by atoms with Crippen LogP contribution >= 0.6 is 0 Å². The molecule has 0 amide bonds. The molecule has 0 aromatic carbocycles. The van der Waals surface area contributed by atoms with E-state index in [0.717, 1.165) is 39.1 Å². The first-order valence-corrected chi connectivity index (χ1v) is 4.80. The van der Waals surface area contributed by atoms with Gasteiger partial charge in [-0.3, -0.25) is 0 Å². The highest BCUT2D eigenvalue weighted by molar-refractivity contribution is 4.86. The molecule has 0 aromatic rings. The molecule has 0 aromatic heterocycles. The summed E-state index contributed by atoms with van der Waals surface area (Å²) in [5, 5.41) is 3.11. The van der Waals surface area contributed by atoms with Crippen molar-refractivity contribution in [2.75, 3.05) is 26.3 Å². The van der Waals surface area contributed by atoms with Gasteiger partial charge in [0.15, 0.2) is 0 Å². The van der Waals surface area contributed by atoms with Crippen molar-refractivity contribution < 1.29 is 9.13 Å². The number of hydrogen-bond donors (Lipinski definition) is 1. The molecule has 2 saturated heterocycles. The second-order valence-corrected chi connectivity index (χ2v) is 3.81. The Bertz CT molecular complexity index is 143. The van der Waals surface area contributed by atoms with Crippen LogP contribution in [-0.2, 0) is 4.74 Å². The van der Waals surface area contributed by atoms with Crippen LogP contribution in [0.5, 0.6) is 0 Å². The molecular weight excluding hydrogens is 157 g/mol. The van der Waals surface area contributed by atoms with Crippen LogP contribution in [-0.4, -0.2) is 32.5 Å². The Hall–Kier alpha value is -0.150. The molecule has 70 valence electrons. The minimum Gasteiger partial charge on any atom is -0.381 e. The highest BCUT2D eigenvalue weighted by Crippen LogP contribution is 2.27. The zero-order valence-corrected chi connectivity index (χ0v) is 7.26. The van der Waals surface area contributed by atoms with Crippen molar-refractivity contribution in [2.45, 2.75) is 19.0 Å². The van der Waals surface area contributed by atoms with Gasteiger partial charge in [-0.25, -0.2) is 4.39 Å². The molecule has 2 fully saturated rings. The Morgan fingerprint density at radius 3 is 2.33 bits per heavy atom. The average Bonchev–Trinajstić information content (AvgIpc) is 2.03. The summed E-state index contributed by atoms with van der Waals surface area (Å²) < 4.78 is 18.8. The van der Waals surface area contributed by atoms with Gasteiger partial charge in [-0.05, 0) is 18.8 Å². The van der Waals surface area contributed by atoms with Crippen molar-refractivity contribution in [2.24, 2.45) is 11.8 Å². The largest absolute Gasteiger partial charge is 0.381 e. The number of rotatable bonds is 2. The van der Waals surface area contributed by atoms with E-state index in [9.17, 15) is 4.39 Å². The third kappa shape index (κ3) is 1.62. The standard InChI is InChI=1S/C9H16FNO/c10-9(8-5-11-6-8)7-1-3-12-4-2-7/h7-9,11H,1-6H2. The van der Waals surface area contributed by atoms with E-state index >= 15 is 0 Å². The first kappa shape index (κ1) is 8.45. The zero-order valence-electron chi connectivity index (χ0n) is 7.26. The molecule has 2 nitrogen and oxygen atoms in total. The molecule has 0 saturated carbocycles. The molecule has 2 rings (SSSR count). The molecule has 2 aliphatic rings. The van der Waals surface area contributed by atoms with Crippen LogP contribution in [0.25, 0.3) is 0 Å². The highest BCUT2D eigenvalue weighted by atomic mass is 19.1. The molecule has 0 aliphatic carbocycles. The second kappa shape index (κ2) is 3.71. The van der Waals surface area contributed by atoms with Gasteiger partial charge in [-0.15, -0.1) is 0 Å². The van der Waals surface area contributed by atoms with Gasteiger partial charge in [0.1, 0.15) is 6.17 Å². The maximum absolute atomic E-state index is 13.6. The molecule has 2 aliphatic heterocycles. The summed E-state index contributed by atoms with van der Waals surface area (Å²) >= 11 is 0. The third-order valence-corrected chi connectivity index (χ3v) is 2.98. The first-order valence-electron chi connectivity index (χ1n) is 4.80. The van der Waals surface area contributed by atoms with E-state index in [0.29, 0.717) is 0 Å². The Kier molecular flexibility index (Phi) is 2.61. The van der Waals surface area contributed by atoms with E-state index in [1.807, 2.05) is 0 Å². The average molecular weight is 173 g/mol. The van der Waals surface area contributed by atoms with Crippen molar-refractivity contribution >= 4 is 0 Å². The summed E-state index contributed by atoms with van der Waals surface area (Å²) in [4.78, 5) is 0. The molecule has 1 unspecified atom stereocenters. The van der Waals surface area contributed by atoms with Crippen LogP contribution in [0.4, 0.5) is 4.39 Å². The predicted molar refractivity (Wildman–Crippen MR) is 44.8 cm³/mol. The third-order valence-electron chi connectivity index (χ3n) is 2.98. The molecule has 0 bridgehead atoms.